The molecule has 2 aliphatic heterocycles. The molecule has 0 bridgehead atoms. The number of rotatable bonds is 11. The number of aliphatic carboxylic acids is 1. The highest BCUT2D eigenvalue weighted by atomic mass is 35.5. The van der Waals surface area contributed by atoms with Crippen LogP contribution in [0.25, 0.3) is 0 Å². The molecule has 0 saturated carbocycles. The zero-order valence-electron chi connectivity index (χ0n) is 22.7. The molecule has 42 heavy (non-hydrogen) atoms. The van der Waals surface area contributed by atoms with Crippen LogP contribution in [0.2, 0.25) is 5.02 Å². The van der Waals surface area contributed by atoms with Crippen LogP contribution in [0.3, 0.4) is 0 Å². The van der Waals surface area contributed by atoms with Crippen molar-refractivity contribution in [2.24, 2.45) is 0 Å². The molecule has 0 spiro atoms. The molecule has 2 aliphatic rings. The number of ketones is 1. The highest BCUT2D eigenvalue weighted by Gasteiger charge is 2.45. The van der Waals surface area contributed by atoms with Crippen LogP contribution in [-0.2, 0) is 29.7 Å². The number of thioether (sulfide) groups is 1. The number of halogens is 1. The summed E-state index contributed by atoms with van der Waals surface area (Å²) in [6.07, 6.45) is 0.00553. The summed E-state index contributed by atoms with van der Waals surface area (Å²) in [5, 5.41) is 17.5. The van der Waals surface area contributed by atoms with E-state index in [1.165, 1.54) is 16.8 Å². The lowest BCUT2D eigenvalue weighted by atomic mass is 10.0. The first-order valence-corrected chi connectivity index (χ1v) is 15.0. The van der Waals surface area contributed by atoms with E-state index < -0.39 is 54.0 Å². The first kappa shape index (κ1) is 31.0. The third-order valence-corrected chi connectivity index (χ3v) is 8.42. The van der Waals surface area contributed by atoms with Gasteiger partial charge in [-0.1, -0.05) is 48.0 Å². The fourth-order valence-corrected chi connectivity index (χ4v) is 6.16. The third-order valence-electron chi connectivity index (χ3n) is 7.05. The van der Waals surface area contributed by atoms with Crippen molar-refractivity contribution in [2.45, 2.75) is 56.0 Å². The number of hydrogen-bond donors (Lipinski definition) is 3. The minimum absolute atomic E-state index is 0.0148. The number of hydrazine groups is 1. The lowest BCUT2D eigenvalue weighted by Crippen LogP contribution is -2.64. The topological polar surface area (TPSA) is 153 Å². The SMILES string of the molecule is O=C(O)CC(NC(=O)C1CCCN2C(=O)CCC(NC(=O)c3ccccc3)C(=O)N12)C(=O)CSCc1ccccc1Cl. The Balaban J connectivity index is 1.46. The van der Waals surface area contributed by atoms with Gasteiger partial charge in [-0.2, -0.15) is 0 Å². The zero-order chi connectivity index (χ0) is 30.2. The van der Waals surface area contributed by atoms with Crippen molar-refractivity contribution in [3.63, 3.8) is 0 Å². The summed E-state index contributed by atoms with van der Waals surface area (Å²) in [4.78, 5) is 77.5. The molecule has 222 valence electrons. The number of carbonyl (C=O) groups excluding carboxylic acids is 5. The van der Waals surface area contributed by atoms with Crippen LogP contribution in [0.4, 0.5) is 0 Å². The lowest BCUT2D eigenvalue weighted by Gasteiger charge is -2.43. The second-order valence-corrected chi connectivity index (χ2v) is 11.4. The van der Waals surface area contributed by atoms with Gasteiger partial charge in [-0.05, 0) is 43.0 Å². The van der Waals surface area contributed by atoms with Gasteiger partial charge in [0.2, 0.25) is 11.8 Å². The van der Waals surface area contributed by atoms with Crippen molar-refractivity contribution in [1.82, 2.24) is 20.7 Å². The second-order valence-electron chi connectivity index (χ2n) is 10.00. The molecule has 11 nitrogen and oxygen atoms in total. The maximum absolute atomic E-state index is 13.7. The predicted molar refractivity (Wildman–Crippen MR) is 155 cm³/mol. The van der Waals surface area contributed by atoms with Gasteiger partial charge in [-0.3, -0.25) is 33.8 Å². The number of amides is 4. The molecule has 2 fully saturated rings. The van der Waals surface area contributed by atoms with Crippen molar-refractivity contribution < 1.29 is 33.9 Å². The van der Waals surface area contributed by atoms with Gasteiger partial charge in [0.15, 0.2) is 5.78 Å². The Kier molecular flexibility index (Phi) is 10.6. The van der Waals surface area contributed by atoms with Gasteiger partial charge in [-0.15, -0.1) is 11.8 Å². The van der Waals surface area contributed by atoms with E-state index in [1.807, 2.05) is 12.1 Å². The summed E-state index contributed by atoms with van der Waals surface area (Å²) >= 11 is 7.40. The smallest absolute Gasteiger partial charge is 0.305 e. The summed E-state index contributed by atoms with van der Waals surface area (Å²) < 4.78 is 0. The van der Waals surface area contributed by atoms with E-state index in [9.17, 15) is 33.9 Å². The van der Waals surface area contributed by atoms with Crippen LogP contribution in [0, 0.1) is 0 Å². The minimum atomic E-state index is -1.34. The molecular weight excluding hydrogens is 584 g/mol. The number of carboxylic acids is 1. The molecule has 2 heterocycles. The van der Waals surface area contributed by atoms with E-state index in [-0.39, 0.29) is 37.5 Å². The van der Waals surface area contributed by atoms with Crippen molar-refractivity contribution in [3.8, 4) is 0 Å². The monoisotopic (exact) mass is 614 g/mol. The van der Waals surface area contributed by atoms with E-state index in [0.717, 1.165) is 10.6 Å². The van der Waals surface area contributed by atoms with Crippen LogP contribution in [-0.4, -0.2) is 80.9 Å². The van der Waals surface area contributed by atoms with E-state index in [1.54, 1.807) is 42.5 Å². The Bertz CT molecular complexity index is 1360. The highest BCUT2D eigenvalue weighted by molar-refractivity contribution is 7.99. The fourth-order valence-electron chi connectivity index (χ4n) is 4.90. The van der Waals surface area contributed by atoms with Crippen LogP contribution in [0.1, 0.15) is 48.0 Å². The molecule has 3 N–H and O–H groups in total. The summed E-state index contributed by atoms with van der Waals surface area (Å²) in [5.74, 6) is -3.67. The van der Waals surface area contributed by atoms with Crippen LogP contribution >= 0.6 is 23.4 Å². The Morgan fingerprint density at radius 1 is 1.02 bits per heavy atom. The molecule has 2 aromatic carbocycles. The molecule has 4 amide bonds. The molecule has 13 heteroatoms. The van der Waals surface area contributed by atoms with Gasteiger partial charge in [0, 0.05) is 29.3 Å². The predicted octanol–water partition coefficient (Wildman–Crippen LogP) is 2.43. The van der Waals surface area contributed by atoms with Gasteiger partial charge in [0.25, 0.3) is 11.8 Å². The number of Topliss-reactive ketones (excluding diaryl/α,β-unsaturated/α-hetero) is 1. The Morgan fingerprint density at radius 2 is 1.74 bits per heavy atom. The average molecular weight is 615 g/mol. The zero-order valence-corrected chi connectivity index (χ0v) is 24.2. The summed E-state index contributed by atoms with van der Waals surface area (Å²) in [7, 11) is 0. The molecule has 0 aliphatic carbocycles. The lowest BCUT2D eigenvalue weighted by molar-refractivity contribution is -0.176. The molecule has 2 saturated heterocycles. The third kappa shape index (κ3) is 7.68. The largest absolute Gasteiger partial charge is 0.481 e. The van der Waals surface area contributed by atoms with Gasteiger partial charge < -0.3 is 15.7 Å². The molecular formula is C29H31ClN4O7S. The summed E-state index contributed by atoms with van der Waals surface area (Å²) in [6.45, 7) is 0.212. The number of fused-ring (bicyclic) bond motifs is 1. The average Bonchev–Trinajstić information content (AvgIpc) is 3.10. The molecule has 2 aromatic rings. The molecule has 0 radical (unpaired) electrons. The normalized spacial score (nSPS) is 19.4. The van der Waals surface area contributed by atoms with E-state index in [2.05, 4.69) is 10.6 Å². The number of carboxylic acid groups (broad SMARTS) is 1. The summed E-state index contributed by atoms with van der Waals surface area (Å²) in [5.41, 5.74) is 1.16. The quantitative estimate of drug-likeness (QED) is 0.349. The maximum atomic E-state index is 13.7. The van der Waals surface area contributed by atoms with Crippen LogP contribution in [0.15, 0.2) is 54.6 Å². The summed E-state index contributed by atoms with van der Waals surface area (Å²) in [6, 6.07) is 11.9. The van der Waals surface area contributed by atoms with Gasteiger partial charge >= 0.3 is 5.97 Å². The van der Waals surface area contributed by atoms with Crippen LogP contribution in [0.5, 0.6) is 0 Å². The Hall–Kier alpha value is -3.90. The minimum Gasteiger partial charge on any atom is -0.481 e. The Morgan fingerprint density at radius 3 is 2.45 bits per heavy atom. The van der Waals surface area contributed by atoms with E-state index in [0.29, 0.717) is 22.8 Å². The fraction of sp³-hybridized carbons (Fsp3) is 0.379. The molecule has 4 rings (SSSR count). The van der Waals surface area contributed by atoms with Gasteiger partial charge in [-0.25, -0.2) is 5.01 Å². The second kappa shape index (κ2) is 14.3. The number of carbonyl (C=O) groups is 6. The van der Waals surface area contributed by atoms with Crippen molar-refractivity contribution >= 4 is 58.7 Å². The van der Waals surface area contributed by atoms with Gasteiger partial charge in [0.1, 0.15) is 12.1 Å². The van der Waals surface area contributed by atoms with Crippen molar-refractivity contribution in [2.75, 3.05) is 12.3 Å². The van der Waals surface area contributed by atoms with Crippen molar-refractivity contribution in [3.05, 3.63) is 70.7 Å². The van der Waals surface area contributed by atoms with Crippen LogP contribution < -0.4 is 10.6 Å². The maximum Gasteiger partial charge on any atom is 0.305 e. The number of benzene rings is 2. The highest BCUT2D eigenvalue weighted by Crippen LogP contribution is 2.26. The molecule has 3 unspecified atom stereocenters. The standard InChI is InChI=1S/C29H31ClN4O7S/c30-20-10-5-4-9-19(20)16-42-17-24(35)22(15-26(37)38)32-28(40)23-11-6-14-33-25(36)13-12-21(29(41)34(23)33)31-27(39)18-7-2-1-3-8-18/h1-5,7-10,21-23H,6,11-17H2,(H,31,39)(H,32,40)(H,37,38). The first-order chi connectivity index (χ1) is 20.2. The molecule has 0 aromatic heterocycles. The molecule has 3 atom stereocenters. The van der Waals surface area contributed by atoms with Gasteiger partial charge in [0.05, 0.1) is 18.2 Å². The number of nitrogens with one attached hydrogen (secondary N) is 2. The first-order valence-electron chi connectivity index (χ1n) is 13.5. The van der Waals surface area contributed by atoms with E-state index >= 15 is 0 Å². The number of hydrogen-bond acceptors (Lipinski definition) is 7. The Labute approximate surface area is 251 Å². The van der Waals surface area contributed by atoms with Crippen molar-refractivity contribution in [1.29, 1.82) is 0 Å². The number of nitrogens with zero attached hydrogens (tertiary/aromatic N) is 2. The van der Waals surface area contributed by atoms with E-state index in [4.69, 9.17) is 11.6 Å².